The molecule has 1 nitrogen and oxygen atoms in total. The van der Waals surface area contributed by atoms with E-state index in [0.717, 1.165) is 0 Å². The van der Waals surface area contributed by atoms with Crippen LogP contribution in [0.15, 0.2) is 6.07 Å². The van der Waals surface area contributed by atoms with Crippen LogP contribution in [0.1, 0.15) is 0 Å². The Morgan fingerprint density at radius 1 is 0.200 bits per heavy atom. The van der Waals surface area contributed by atoms with Crippen molar-refractivity contribution in [2.45, 2.75) is 0 Å². The normalized spacial score (nSPS) is 11.4. The van der Waals surface area contributed by atoms with E-state index in [2.05, 4.69) is 215 Å². The molecular weight excluding hydrogens is 752 g/mol. The molecule has 0 aliphatic carbocycles. The molecule has 0 N–H and O–H groups in total. The van der Waals surface area contributed by atoms with Crippen LogP contribution in [0.5, 0.6) is 0 Å². The summed E-state index contributed by atoms with van der Waals surface area (Å²) < 4.78 is 0. The summed E-state index contributed by atoms with van der Waals surface area (Å²) in [6, 6.07) is 2.52. The zero-order valence-electron chi connectivity index (χ0n) is 45.5. The third-order valence-corrected chi connectivity index (χ3v) is 18.4. The van der Waals surface area contributed by atoms with Gasteiger partial charge in [-0.3, -0.25) is 0 Å². The lowest BCUT2D eigenvalue weighted by atomic mass is 9.56. The zero-order chi connectivity index (χ0) is 48.6. The third-order valence-electron chi connectivity index (χ3n) is 18.4. The van der Waals surface area contributed by atoms with E-state index in [9.17, 15) is 0 Å². The molecule has 288 valence electrons. The topological polar surface area (TPSA) is 3.24 Å². The maximum absolute atomic E-state index is 2.76. The second kappa shape index (κ2) is 17.3. The lowest BCUT2D eigenvalue weighted by molar-refractivity contribution is 1.37. The van der Waals surface area contributed by atoms with E-state index in [1.807, 2.05) is 0 Å². The number of hydrogen-bond acceptors (Lipinski definition) is 1. The molecule has 7 rings (SSSR count). The minimum absolute atomic E-state index is 1.31. The molecule has 0 saturated heterocycles. The van der Waals surface area contributed by atoms with Crippen molar-refractivity contribution in [3.05, 3.63) is 6.07 Å². The summed E-state index contributed by atoms with van der Waals surface area (Å²) >= 11 is 0. The van der Waals surface area contributed by atoms with Crippen LogP contribution in [-0.4, -0.2) is 204 Å². The molecule has 7 aromatic carbocycles. The van der Waals surface area contributed by atoms with Gasteiger partial charge in [-0.2, -0.15) is 0 Å². The minimum Gasteiger partial charge on any atom is -0.314 e. The van der Waals surface area contributed by atoms with Crippen LogP contribution >= 0.6 is 0 Å². The van der Waals surface area contributed by atoms with Crippen molar-refractivity contribution in [3.63, 3.8) is 0 Å². The predicted octanol–water partition coefficient (Wildman–Crippen LogP) is -34.5. The molecule has 0 fully saturated rings. The van der Waals surface area contributed by atoms with Gasteiger partial charge in [0.1, 0.15) is 204 Å². The van der Waals surface area contributed by atoms with Crippen molar-refractivity contribution in [1.29, 1.82) is 0 Å². The fourth-order valence-electron chi connectivity index (χ4n) is 12.5. The fraction of sp³-hybridized carbons (Fsp3) is 0. The smallest absolute Gasteiger partial charge is 0.142 e. The second-order valence-electron chi connectivity index (χ2n) is 20.9. The number of benzene rings is 7. The maximum atomic E-state index is 2.76. The van der Waals surface area contributed by atoms with Gasteiger partial charge < -0.3 is 4.90 Å². The summed E-state index contributed by atoms with van der Waals surface area (Å²) in [6.45, 7) is 0. The van der Waals surface area contributed by atoms with Crippen LogP contribution in [0.3, 0.4) is 0 Å². The molecule has 0 bridgehead atoms. The van der Waals surface area contributed by atoms with E-state index >= 15 is 0 Å². The Morgan fingerprint density at radius 2 is 0.415 bits per heavy atom. The van der Waals surface area contributed by atoms with E-state index in [-0.39, 0.29) is 0 Å². The Balaban J connectivity index is 1.71. The van der Waals surface area contributed by atoms with Crippen LogP contribution in [0.2, 0.25) is 0 Å². The first-order valence-electron chi connectivity index (χ1n) is 24.2. The Labute approximate surface area is 415 Å². The molecule has 0 radical (unpaired) electrons. The minimum atomic E-state index is 1.31. The second-order valence-corrected chi connectivity index (χ2v) is 20.9. The van der Waals surface area contributed by atoms with Crippen molar-refractivity contribution in [3.8, 4) is 22.3 Å². The monoisotopic (exact) mass is 810 g/mol. The van der Waals surface area contributed by atoms with Crippen molar-refractivity contribution in [2.24, 2.45) is 0 Å². The van der Waals surface area contributed by atoms with E-state index in [1.165, 1.54) is 203 Å². The Kier molecular flexibility index (Phi) is 13.1. The highest BCUT2D eigenvalue weighted by molar-refractivity contribution is 6.75. The molecule has 27 heteroatoms. The van der Waals surface area contributed by atoms with Crippen molar-refractivity contribution >= 4 is 385 Å². The third kappa shape index (κ3) is 6.97. The molecule has 0 amide bonds. The van der Waals surface area contributed by atoms with E-state index in [4.69, 9.17) is 0 Å². The van der Waals surface area contributed by atoms with Crippen LogP contribution in [-0.2, 0) is 0 Å². The molecule has 0 spiro atoms. The molecule has 0 unspecified atom stereocenters. The van der Waals surface area contributed by atoms with Crippen molar-refractivity contribution in [1.82, 2.24) is 0 Å². The molecule has 0 atom stereocenters. The lowest BCUT2D eigenvalue weighted by Crippen LogP contribution is -2.58. The van der Waals surface area contributed by atoms with Gasteiger partial charge in [0.15, 0.2) is 0 Å². The first-order chi connectivity index (χ1) is 30.2. The standard InChI is InChI=1S/C38H53B26N/c39-3-1-2-4(6-5(3)13(42)23(52)24(53)14(6)43)12(41)31(60)36(11(2)40)65(37-32(61)19(48)9(20(49)33(37)62)7-15(44)25(54)29(58)26(55)16(7)45)38-34(63)21(50)10(22(51)35(38)64)8-17(46)27(56)30(59)28(57)18(8)47/h1H,39-64H2. The zero-order valence-corrected chi connectivity index (χ0v) is 45.5. The summed E-state index contributed by atoms with van der Waals surface area (Å²) in [4.78, 5) is 2.76. The highest BCUT2D eigenvalue weighted by atomic mass is 15.2. The van der Waals surface area contributed by atoms with Gasteiger partial charge >= 0.3 is 0 Å². The lowest BCUT2D eigenvalue weighted by Gasteiger charge is -2.40. The number of hydrogen-bond donors (Lipinski definition) is 0. The Hall–Kier alpha value is -3.45. The SMILES string of the molecule is Bc1c(B)c(B)c(-c2c(B)c(B)c(N(c3c(B)c(B)c(-c4c(B)c(B)c(B)c(B)c4B)c(B)c3B)c3c(B)c(B)c4c(cc(B)c5c(B)c(B)c(B)c(B)c54)c3B)c(B)c2B)c(B)c1B. The fourth-order valence-corrected chi connectivity index (χ4v) is 12.5. The summed E-state index contributed by atoms with van der Waals surface area (Å²) in [5.74, 6) is 0. The summed E-state index contributed by atoms with van der Waals surface area (Å²) in [6.07, 6.45) is 0. The molecular formula is C38H53B26N. The molecule has 65 heavy (non-hydrogen) atoms. The first-order valence-corrected chi connectivity index (χ1v) is 24.2. The maximum Gasteiger partial charge on any atom is 0.142 e. The predicted molar refractivity (Wildman–Crippen MR) is 380 cm³/mol. The highest BCUT2D eigenvalue weighted by Gasteiger charge is 2.31. The average molecular weight is 805 g/mol. The van der Waals surface area contributed by atoms with Gasteiger partial charge in [-0.15, -0.1) is 43.7 Å². The molecule has 0 heterocycles. The van der Waals surface area contributed by atoms with Gasteiger partial charge in [0.25, 0.3) is 0 Å². The Morgan fingerprint density at radius 3 is 0.738 bits per heavy atom. The first kappa shape index (κ1) is 49.5. The van der Waals surface area contributed by atoms with E-state index in [1.54, 1.807) is 0 Å². The average Bonchev–Trinajstić information content (AvgIpc) is 3.27. The number of nitrogens with zero attached hydrogens (tertiary/aromatic N) is 1. The number of rotatable bonds is 5. The molecule has 0 aliphatic rings. The van der Waals surface area contributed by atoms with Crippen molar-refractivity contribution in [2.75, 3.05) is 4.90 Å². The molecule has 0 aliphatic heterocycles. The van der Waals surface area contributed by atoms with Gasteiger partial charge in [0.2, 0.25) is 0 Å². The van der Waals surface area contributed by atoms with Gasteiger partial charge in [-0.1, -0.05) is 104 Å². The van der Waals surface area contributed by atoms with Crippen LogP contribution in [0.25, 0.3) is 43.8 Å². The van der Waals surface area contributed by atoms with Crippen LogP contribution in [0, 0.1) is 0 Å². The van der Waals surface area contributed by atoms with E-state index < -0.39 is 0 Å². The Bertz CT molecular complexity index is 3090. The highest BCUT2D eigenvalue weighted by Crippen LogP contribution is 2.30. The summed E-state index contributed by atoms with van der Waals surface area (Å²) in [5.41, 5.74) is 45.5. The van der Waals surface area contributed by atoms with Crippen molar-refractivity contribution < 1.29 is 0 Å². The van der Waals surface area contributed by atoms with Crippen LogP contribution in [0.4, 0.5) is 17.1 Å². The quantitative estimate of drug-likeness (QED) is 0.124. The van der Waals surface area contributed by atoms with Gasteiger partial charge in [0, 0.05) is 17.1 Å². The summed E-state index contributed by atoms with van der Waals surface area (Å²) in [5, 5.41) is 5.62. The molecule has 7 aromatic rings. The number of fused-ring (bicyclic) bond motifs is 3. The van der Waals surface area contributed by atoms with Gasteiger partial charge in [0.05, 0.1) is 0 Å². The largest absolute Gasteiger partial charge is 0.314 e. The van der Waals surface area contributed by atoms with Crippen LogP contribution < -0.4 is 147 Å². The van der Waals surface area contributed by atoms with Gasteiger partial charge in [-0.05, 0) is 43.8 Å². The molecule has 0 aromatic heterocycles. The van der Waals surface area contributed by atoms with E-state index in [0.29, 0.717) is 0 Å². The summed E-state index contributed by atoms with van der Waals surface area (Å²) in [7, 11) is 61.3. The number of anilines is 3. The molecule has 0 saturated carbocycles. The van der Waals surface area contributed by atoms with Gasteiger partial charge in [-0.25, -0.2) is 0 Å².